The second-order valence-electron chi connectivity index (χ2n) is 3.87. The second kappa shape index (κ2) is 5.92. The van der Waals surface area contributed by atoms with Crippen LogP contribution < -0.4 is 14.2 Å². The van der Waals surface area contributed by atoms with Gasteiger partial charge < -0.3 is 14.2 Å². The SMILES string of the molecule is COc1ccc(Oc2ccc([N+](=O)[O-])cc2)cc1OC. The Balaban J connectivity index is 2.19. The average Bonchev–Trinajstić information content (AvgIpc) is 2.47. The van der Waals surface area contributed by atoms with Crippen LogP contribution in [-0.4, -0.2) is 19.1 Å². The van der Waals surface area contributed by atoms with E-state index in [4.69, 9.17) is 14.2 Å². The summed E-state index contributed by atoms with van der Waals surface area (Å²) in [4.78, 5) is 10.1. The Morgan fingerprint density at radius 1 is 0.900 bits per heavy atom. The zero-order valence-electron chi connectivity index (χ0n) is 11.0. The van der Waals surface area contributed by atoms with Gasteiger partial charge in [-0.1, -0.05) is 0 Å². The van der Waals surface area contributed by atoms with Crippen molar-refractivity contribution in [2.45, 2.75) is 0 Å². The Morgan fingerprint density at radius 2 is 1.50 bits per heavy atom. The van der Waals surface area contributed by atoms with E-state index in [1.165, 1.54) is 31.4 Å². The lowest BCUT2D eigenvalue weighted by molar-refractivity contribution is -0.384. The van der Waals surface area contributed by atoms with Gasteiger partial charge in [-0.3, -0.25) is 10.1 Å². The normalized spacial score (nSPS) is 9.90. The number of hydrogen-bond donors (Lipinski definition) is 0. The van der Waals surface area contributed by atoms with Crippen molar-refractivity contribution in [3.05, 3.63) is 52.6 Å². The molecular formula is C14H13NO5. The van der Waals surface area contributed by atoms with Gasteiger partial charge in [-0.25, -0.2) is 0 Å². The van der Waals surface area contributed by atoms with Crippen LogP contribution in [0, 0.1) is 10.1 Å². The highest BCUT2D eigenvalue weighted by Crippen LogP contribution is 2.33. The van der Waals surface area contributed by atoms with Gasteiger partial charge in [0.1, 0.15) is 11.5 Å². The van der Waals surface area contributed by atoms with E-state index in [2.05, 4.69) is 0 Å². The summed E-state index contributed by atoms with van der Waals surface area (Å²) in [5.41, 5.74) is 0.0182. The van der Waals surface area contributed by atoms with Gasteiger partial charge in [0.2, 0.25) is 0 Å². The van der Waals surface area contributed by atoms with E-state index in [-0.39, 0.29) is 5.69 Å². The minimum absolute atomic E-state index is 0.0182. The van der Waals surface area contributed by atoms with Gasteiger partial charge in [-0.2, -0.15) is 0 Å². The molecule has 0 saturated carbocycles. The third kappa shape index (κ3) is 2.97. The first-order valence-corrected chi connectivity index (χ1v) is 5.78. The van der Waals surface area contributed by atoms with Gasteiger partial charge in [-0.15, -0.1) is 0 Å². The highest BCUT2D eigenvalue weighted by atomic mass is 16.6. The van der Waals surface area contributed by atoms with E-state index in [0.717, 1.165) is 0 Å². The van der Waals surface area contributed by atoms with Gasteiger partial charge >= 0.3 is 0 Å². The third-order valence-corrected chi connectivity index (χ3v) is 2.64. The van der Waals surface area contributed by atoms with Crippen molar-refractivity contribution >= 4 is 5.69 Å². The van der Waals surface area contributed by atoms with Gasteiger partial charge in [-0.05, 0) is 24.3 Å². The van der Waals surface area contributed by atoms with Crippen molar-refractivity contribution < 1.29 is 19.1 Å². The maximum absolute atomic E-state index is 10.6. The molecule has 0 aliphatic carbocycles. The van der Waals surface area contributed by atoms with Crippen LogP contribution >= 0.6 is 0 Å². The van der Waals surface area contributed by atoms with Crippen LogP contribution in [0.2, 0.25) is 0 Å². The first kappa shape index (κ1) is 13.7. The van der Waals surface area contributed by atoms with Gasteiger partial charge in [0, 0.05) is 18.2 Å². The van der Waals surface area contributed by atoms with E-state index >= 15 is 0 Å². The summed E-state index contributed by atoms with van der Waals surface area (Å²) in [6.45, 7) is 0. The van der Waals surface area contributed by atoms with E-state index in [1.54, 1.807) is 25.3 Å². The lowest BCUT2D eigenvalue weighted by atomic mass is 10.3. The molecule has 0 aliphatic rings. The molecule has 2 aromatic carbocycles. The quantitative estimate of drug-likeness (QED) is 0.617. The van der Waals surface area contributed by atoms with Gasteiger partial charge in [0.25, 0.3) is 5.69 Å². The molecule has 0 aromatic heterocycles. The minimum atomic E-state index is -0.458. The predicted octanol–water partition coefficient (Wildman–Crippen LogP) is 3.40. The number of non-ortho nitro benzene ring substituents is 1. The van der Waals surface area contributed by atoms with Crippen LogP contribution in [0.25, 0.3) is 0 Å². The van der Waals surface area contributed by atoms with Crippen LogP contribution in [0.1, 0.15) is 0 Å². The number of nitro benzene ring substituents is 1. The number of hydrogen-bond acceptors (Lipinski definition) is 5. The monoisotopic (exact) mass is 275 g/mol. The van der Waals surface area contributed by atoms with E-state index < -0.39 is 4.92 Å². The molecule has 0 atom stereocenters. The standard InChI is InChI=1S/C14H13NO5/c1-18-13-8-7-12(9-14(13)19-2)20-11-5-3-10(4-6-11)15(16)17/h3-9H,1-2H3. The molecule has 20 heavy (non-hydrogen) atoms. The zero-order valence-corrected chi connectivity index (χ0v) is 11.0. The number of nitrogens with zero attached hydrogens (tertiary/aromatic N) is 1. The van der Waals surface area contributed by atoms with Crippen LogP contribution in [0.5, 0.6) is 23.0 Å². The fourth-order valence-corrected chi connectivity index (χ4v) is 1.65. The topological polar surface area (TPSA) is 70.8 Å². The lowest BCUT2D eigenvalue weighted by Crippen LogP contribution is -1.92. The van der Waals surface area contributed by atoms with Crippen molar-refractivity contribution in [3.8, 4) is 23.0 Å². The molecule has 104 valence electrons. The molecule has 6 heteroatoms. The summed E-state index contributed by atoms with van der Waals surface area (Å²) < 4.78 is 15.9. The van der Waals surface area contributed by atoms with E-state index in [1.807, 2.05) is 0 Å². The summed E-state index contributed by atoms with van der Waals surface area (Å²) in [7, 11) is 3.09. The number of benzene rings is 2. The minimum Gasteiger partial charge on any atom is -0.493 e. The molecule has 0 heterocycles. The molecule has 2 rings (SSSR count). The fourth-order valence-electron chi connectivity index (χ4n) is 1.65. The first-order valence-electron chi connectivity index (χ1n) is 5.78. The molecule has 0 fully saturated rings. The number of rotatable bonds is 5. The Hall–Kier alpha value is -2.76. The van der Waals surface area contributed by atoms with Crippen LogP contribution in [0.3, 0.4) is 0 Å². The Morgan fingerprint density at radius 3 is 2.05 bits per heavy atom. The van der Waals surface area contributed by atoms with Crippen LogP contribution in [0.15, 0.2) is 42.5 Å². The summed E-state index contributed by atoms with van der Waals surface area (Å²) in [5.74, 6) is 2.20. The molecule has 0 N–H and O–H groups in total. The van der Waals surface area contributed by atoms with Crippen molar-refractivity contribution in [2.75, 3.05) is 14.2 Å². The van der Waals surface area contributed by atoms with E-state index in [9.17, 15) is 10.1 Å². The van der Waals surface area contributed by atoms with Crippen molar-refractivity contribution in [1.82, 2.24) is 0 Å². The molecule has 0 bridgehead atoms. The van der Waals surface area contributed by atoms with E-state index in [0.29, 0.717) is 23.0 Å². The molecule has 0 spiro atoms. The van der Waals surface area contributed by atoms with Crippen molar-refractivity contribution in [2.24, 2.45) is 0 Å². The molecule has 0 radical (unpaired) electrons. The largest absolute Gasteiger partial charge is 0.493 e. The Kier molecular flexibility index (Phi) is 4.05. The molecule has 6 nitrogen and oxygen atoms in total. The maximum Gasteiger partial charge on any atom is 0.269 e. The number of ether oxygens (including phenoxy) is 3. The fraction of sp³-hybridized carbons (Fsp3) is 0.143. The number of methoxy groups -OCH3 is 2. The molecule has 0 unspecified atom stereocenters. The summed E-state index contributed by atoms with van der Waals surface area (Å²) in [6.07, 6.45) is 0. The maximum atomic E-state index is 10.6. The highest BCUT2D eigenvalue weighted by Gasteiger charge is 2.08. The van der Waals surface area contributed by atoms with Crippen molar-refractivity contribution in [3.63, 3.8) is 0 Å². The summed E-state index contributed by atoms with van der Waals surface area (Å²) >= 11 is 0. The van der Waals surface area contributed by atoms with Gasteiger partial charge in [0.15, 0.2) is 11.5 Å². The molecular weight excluding hydrogens is 262 g/mol. The lowest BCUT2D eigenvalue weighted by Gasteiger charge is -2.10. The average molecular weight is 275 g/mol. The smallest absolute Gasteiger partial charge is 0.269 e. The Labute approximate surface area is 115 Å². The van der Waals surface area contributed by atoms with Crippen molar-refractivity contribution in [1.29, 1.82) is 0 Å². The van der Waals surface area contributed by atoms with Crippen LogP contribution in [0.4, 0.5) is 5.69 Å². The number of nitro groups is 1. The third-order valence-electron chi connectivity index (χ3n) is 2.64. The summed E-state index contributed by atoms with van der Waals surface area (Å²) in [5, 5.41) is 10.6. The molecule has 0 aliphatic heterocycles. The first-order chi connectivity index (χ1) is 9.63. The highest BCUT2D eigenvalue weighted by molar-refractivity contribution is 5.47. The second-order valence-corrected chi connectivity index (χ2v) is 3.87. The Bertz CT molecular complexity index is 609. The predicted molar refractivity (Wildman–Crippen MR) is 72.7 cm³/mol. The zero-order chi connectivity index (χ0) is 14.5. The van der Waals surface area contributed by atoms with Gasteiger partial charge in [0.05, 0.1) is 19.1 Å². The summed E-state index contributed by atoms with van der Waals surface area (Å²) in [6, 6.07) is 11.0. The molecule has 2 aromatic rings. The molecule has 0 amide bonds. The molecule has 0 saturated heterocycles. The van der Waals surface area contributed by atoms with Crippen LogP contribution in [-0.2, 0) is 0 Å².